The van der Waals surface area contributed by atoms with Gasteiger partial charge in [0.2, 0.25) is 0 Å². The van der Waals surface area contributed by atoms with Crippen LogP contribution in [0.2, 0.25) is 0 Å². The number of aliphatic hydroxyl groups excluding tert-OH is 2. The van der Waals surface area contributed by atoms with Crippen LogP contribution >= 0.6 is 0 Å². The summed E-state index contributed by atoms with van der Waals surface area (Å²) in [5.41, 5.74) is 0. The van der Waals surface area contributed by atoms with Crippen molar-refractivity contribution < 1.29 is 10.2 Å². The van der Waals surface area contributed by atoms with E-state index in [2.05, 4.69) is 6.92 Å². The first kappa shape index (κ1) is 10.9. The predicted octanol–water partition coefficient (Wildman–Crippen LogP) is 1.56. The van der Waals surface area contributed by atoms with Crippen LogP contribution in [-0.4, -0.2) is 23.4 Å². The molecule has 0 aliphatic rings. The highest BCUT2D eigenvalue weighted by molar-refractivity contribution is 4.50. The Morgan fingerprint density at radius 2 is 1.64 bits per heavy atom. The Labute approximate surface area is 69.2 Å². The normalized spacial score (nSPS) is 13.4. The van der Waals surface area contributed by atoms with Gasteiger partial charge in [0.05, 0.1) is 0 Å². The SMILES string of the molecule is CC(CO)CCCCCCO. The summed E-state index contributed by atoms with van der Waals surface area (Å²) < 4.78 is 0. The van der Waals surface area contributed by atoms with Crippen molar-refractivity contribution in [3.63, 3.8) is 0 Å². The summed E-state index contributed by atoms with van der Waals surface area (Å²) >= 11 is 0. The van der Waals surface area contributed by atoms with Crippen molar-refractivity contribution in [1.82, 2.24) is 0 Å². The highest BCUT2D eigenvalue weighted by Gasteiger charge is 1.98. The first-order valence-corrected chi connectivity index (χ1v) is 4.53. The molecule has 0 saturated heterocycles. The topological polar surface area (TPSA) is 40.5 Å². The molecule has 11 heavy (non-hydrogen) atoms. The van der Waals surface area contributed by atoms with E-state index in [1.807, 2.05) is 0 Å². The lowest BCUT2D eigenvalue weighted by molar-refractivity contribution is 0.226. The molecule has 0 radical (unpaired) electrons. The van der Waals surface area contributed by atoms with Crippen molar-refractivity contribution in [1.29, 1.82) is 0 Å². The Hall–Kier alpha value is -0.0800. The fourth-order valence-electron chi connectivity index (χ4n) is 1.05. The summed E-state index contributed by atoms with van der Waals surface area (Å²) in [7, 11) is 0. The summed E-state index contributed by atoms with van der Waals surface area (Å²) in [6, 6.07) is 0. The molecule has 0 spiro atoms. The molecule has 0 aromatic carbocycles. The lowest BCUT2D eigenvalue weighted by atomic mass is 10.0. The maximum atomic E-state index is 8.70. The second-order valence-electron chi connectivity index (χ2n) is 3.21. The Kier molecular flexibility index (Phi) is 7.96. The minimum atomic E-state index is 0.306. The molecule has 68 valence electrons. The smallest absolute Gasteiger partial charge is 0.0456 e. The third-order valence-electron chi connectivity index (χ3n) is 1.92. The number of aliphatic hydroxyl groups is 2. The summed E-state index contributed by atoms with van der Waals surface area (Å²) in [5.74, 6) is 0.448. The molecule has 0 aliphatic heterocycles. The van der Waals surface area contributed by atoms with E-state index in [4.69, 9.17) is 10.2 Å². The van der Waals surface area contributed by atoms with Crippen molar-refractivity contribution in [3.05, 3.63) is 0 Å². The van der Waals surface area contributed by atoms with Crippen LogP contribution in [0.4, 0.5) is 0 Å². The molecule has 0 aliphatic carbocycles. The van der Waals surface area contributed by atoms with Gasteiger partial charge < -0.3 is 10.2 Å². The maximum absolute atomic E-state index is 8.70. The molecule has 0 fully saturated rings. The van der Waals surface area contributed by atoms with Crippen molar-refractivity contribution in [2.24, 2.45) is 5.92 Å². The highest BCUT2D eigenvalue weighted by Crippen LogP contribution is 2.09. The van der Waals surface area contributed by atoms with E-state index < -0.39 is 0 Å². The maximum Gasteiger partial charge on any atom is 0.0456 e. The van der Waals surface area contributed by atoms with E-state index in [9.17, 15) is 0 Å². The zero-order valence-corrected chi connectivity index (χ0v) is 7.42. The van der Waals surface area contributed by atoms with Crippen LogP contribution < -0.4 is 0 Å². The van der Waals surface area contributed by atoms with Crippen LogP contribution in [0, 0.1) is 5.92 Å². The van der Waals surface area contributed by atoms with Crippen LogP contribution in [0.15, 0.2) is 0 Å². The third kappa shape index (κ3) is 7.82. The largest absolute Gasteiger partial charge is 0.396 e. The molecule has 1 unspecified atom stereocenters. The average molecular weight is 160 g/mol. The Morgan fingerprint density at radius 1 is 1.00 bits per heavy atom. The fraction of sp³-hybridized carbons (Fsp3) is 1.00. The Bertz CT molecular complexity index is 74.0. The standard InChI is InChI=1S/C9H20O2/c1-9(8-11)6-4-2-3-5-7-10/h9-11H,2-8H2,1H3. The Morgan fingerprint density at radius 3 is 2.18 bits per heavy atom. The molecule has 2 nitrogen and oxygen atoms in total. The number of hydrogen-bond acceptors (Lipinski definition) is 2. The lowest BCUT2D eigenvalue weighted by Crippen LogP contribution is -1.99. The van der Waals surface area contributed by atoms with Gasteiger partial charge in [0.15, 0.2) is 0 Å². The second-order valence-corrected chi connectivity index (χ2v) is 3.21. The molecular weight excluding hydrogens is 140 g/mol. The van der Waals surface area contributed by atoms with E-state index in [1.54, 1.807) is 0 Å². The van der Waals surface area contributed by atoms with Gasteiger partial charge >= 0.3 is 0 Å². The summed E-state index contributed by atoms with van der Waals surface area (Å²) in [4.78, 5) is 0. The molecule has 0 bridgehead atoms. The van der Waals surface area contributed by atoms with Gasteiger partial charge in [0.25, 0.3) is 0 Å². The van der Waals surface area contributed by atoms with Gasteiger partial charge in [-0.3, -0.25) is 0 Å². The number of hydrogen-bond donors (Lipinski definition) is 2. The monoisotopic (exact) mass is 160 g/mol. The van der Waals surface area contributed by atoms with Crippen LogP contribution in [0.3, 0.4) is 0 Å². The first-order chi connectivity index (χ1) is 5.31. The van der Waals surface area contributed by atoms with Gasteiger partial charge in [-0.2, -0.15) is 0 Å². The predicted molar refractivity (Wildman–Crippen MR) is 46.4 cm³/mol. The summed E-state index contributed by atoms with van der Waals surface area (Å²) in [6.07, 6.45) is 5.52. The van der Waals surface area contributed by atoms with Gasteiger partial charge in [-0.1, -0.05) is 26.2 Å². The van der Waals surface area contributed by atoms with E-state index >= 15 is 0 Å². The van der Waals surface area contributed by atoms with Gasteiger partial charge in [0, 0.05) is 13.2 Å². The molecule has 0 saturated carbocycles. The molecule has 1 atom stereocenters. The first-order valence-electron chi connectivity index (χ1n) is 4.53. The molecule has 0 amide bonds. The second kappa shape index (κ2) is 8.02. The van der Waals surface area contributed by atoms with Crippen molar-refractivity contribution in [3.8, 4) is 0 Å². The van der Waals surface area contributed by atoms with Crippen LogP contribution in [0.5, 0.6) is 0 Å². The molecule has 0 rings (SSSR count). The van der Waals surface area contributed by atoms with Gasteiger partial charge in [-0.15, -0.1) is 0 Å². The van der Waals surface area contributed by atoms with Crippen LogP contribution in [-0.2, 0) is 0 Å². The van der Waals surface area contributed by atoms with Crippen molar-refractivity contribution in [2.75, 3.05) is 13.2 Å². The molecule has 2 heteroatoms. The average Bonchev–Trinajstić information content (AvgIpc) is 2.04. The van der Waals surface area contributed by atoms with E-state index in [-0.39, 0.29) is 0 Å². The Balaban J connectivity index is 2.89. The zero-order valence-electron chi connectivity index (χ0n) is 7.42. The highest BCUT2D eigenvalue weighted by atomic mass is 16.3. The molecule has 0 aromatic rings. The van der Waals surface area contributed by atoms with Gasteiger partial charge in [0.1, 0.15) is 0 Å². The molecule has 0 heterocycles. The molecule has 0 aromatic heterocycles. The van der Waals surface area contributed by atoms with Gasteiger partial charge in [-0.05, 0) is 18.8 Å². The van der Waals surface area contributed by atoms with E-state index in [0.717, 1.165) is 19.3 Å². The van der Waals surface area contributed by atoms with Gasteiger partial charge in [-0.25, -0.2) is 0 Å². The van der Waals surface area contributed by atoms with Crippen molar-refractivity contribution >= 4 is 0 Å². The summed E-state index contributed by atoms with van der Waals surface area (Å²) in [6.45, 7) is 2.68. The third-order valence-corrected chi connectivity index (χ3v) is 1.92. The quantitative estimate of drug-likeness (QED) is 0.555. The van der Waals surface area contributed by atoms with E-state index in [1.165, 1.54) is 12.8 Å². The lowest BCUT2D eigenvalue weighted by Gasteiger charge is -2.05. The van der Waals surface area contributed by atoms with Crippen LogP contribution in [0.25, 0.3) is 0 Å². The summed E-state index contributed by atoms with van der Waals surface area (Å²) in [5, 5.41) is 17.2. The minimum absolute atomic E-state index is 0.306. The zero-order chi connectivity index (χ0) is 8.53. The van der Waals surface area contributed by atoms with Crippen molar-refractivity contribution in [2.45, 2.75) is 39.0 Å². The molecule has 2 N–H and O–H groups in total. The minimum Gasteiger partial charge on any atom is -0.396 e. The number of rotatable bonds is 7. The fourth-order valence-corrected chi connectivity index (χ4v) is 1.05. The van der Waals surface area contributed by atoms with E-state index in [0.29, 0.717) is 19.1 Å². The molecular formula is C9H20O2. The van der Waals surface area contributed by atoms with Crippen LogP contribution in [0.1, 0.15) is 39.0 Å². The number of unbranched alkanes of at least 4 members (excludes halogenated alkanes) is 3.